The first kappa shape index (κ1) is 22.9. The van der Waals surface area contributed by atoms with Gasteiger partial charge in [0.15, 0.2) is 0 Å². The van der Waals surface area contributed by atoms with E-state index in [4.69, 9.17) is 27.5 Å². The highest BCUT2D eigenvalue weighted by atomic mass is 35.5. The van der Waals surface area contributed by atoms with Crippen LogP contribution in [0.25, 0.3) is 0 Å². The number of nitrogens with one attached hydrogen (secondary N) is 2. The normalized spacial score (nSPS) is 14.0. The summed E-state index contributed by atoms with van der Waals surface area (Å²) in [7, 11) is 0. The summed E-state index contributed by atoms with van der Waals surface area (Å²) in [6.07, 6.45) is -0.486. The summed E-state index contributed by atoms with van der Waals surface area (Å²) in [5.41, 5.74) is 5.25. The maximum Gasteiger partial charge on any atom is 0.322 e. The van der Waals surface area contributed by atoms with E-state index >= 15 is 0 Å². The van der Waals surface area contributed by atoms with Crippen molar-refractivity contribution in [3.63, 3.8) is 0 Å². The van der Waals surface area contributed by atoms with E-state index < -0.39 is 53.1 Å². The molecular formula is C12H17ClN3O8S-. The SMILES string of the molecule is N[C@@H](CCC(=O)N[C@@H](CSC(Cl)C(=O)[O-])C(=O)NCC(=O)O)C(=O)O. The Kier molecular flexibility index (Phi) is 10.6. The summed E-state index contributed by atoms with van der Waals surface area (Å²) < 4.78 is -1.48. The highest BCUT2D eigenvalue weighted by Crippen LogP contribution is 2.16. The second-order valence-corrected chi connectivity index (χ2v) is 6.52. The third-order valence-corrected chi connectivity index (χ3v) is 4.23. The van der Waals surface area contributed by atoms with Crippen LogP contribution in [0.3, 0.4) is 0 Å². The van der Waals surface area contributed by atoms with Gasteiger partial charge < -0.3 is 36.5 Å². The van der Waals surface area contributed by atoms with Crippen LogP contribution in [-0.4, -0.2) is 69.0 Å². The molecule has 0 aliphatic carbocycles. The number of carbonyl (C=O) groups is 5. The molecule has 0 aromatic rings. The number of aliphatic carboxylic acids is 3. The molecule has 2 amide bonds. The molecule has 0 aromatic carbocycles. The predicted octanol–water partition coefficient (Wildman–Crippen LogP) is -3.09. The van der Waals surface area contributed by atoms with Crippen LogP contribution in [0, 0.1) is 0 Å². The lowest BCUT2D eigenvalue weighted by molar-refractivity contribution is -0.302. The van der Waals surface area contributed by atoms with E-state index in [0.717, 1.165) is 0 Å². The number of amides is 2. The van der Waals surface area contributed by atoms with Gasteiger partial charge in [0, 0.05) is 12.2 Å². The van der Waals surface area contributed by atoms with Gasteiger partial charge in [0.2, 0.25) is 11.8 Å². The van der Waals surface area contributed by atoms with E-state index in [-0.39, 0.29) is 18.6 Å². The average molecular weight is 399 g/mol. The van der Waals surface area contributed by atoms with E-state index in [2.05, 4.69) is 5.32 Å². The number of hydrogen-bond acceptors (Lipinski definition) is 8. The van der Waals surface area contributed by atoms with Crippen molar-refractivity contribution in [2.75, 3.05) is 12.3 Å². The first-order valence-corrected chi connectivity index (χ1v) is 8.26. The lowest BCUT2D eigenvalue weighted by Crippen LogP contribution is -2.50. The lowest BCUT2D eigenvalue weighted by atomic mass is 10.1. The van der Waals surface area contributed by atoms with Crippen molar-refractivity contribution in [3.8, 4) is 0 Å². The Morgan fingerprint density at radius 1 is 1.20 bits per heavy atom. The zero-order chi connectivity index (χ0) is 19.6. The van der Waals surface area contributed by atoms with Crippen molar-refractivity contribution in [2.45, 2.75) is 29.6 Å². The van der Waals surface area contributed by atoms with E-state index in [9.17, 15) is 29.1 Å². The molecule has 0 aromatic heterocycles. The van der Waals surface area contributed by atoms with Crippen LogP contribution in [0.5, 0.6) is 0 Å². The molecule has 0 rings (SSSR count). The van der Waals surface area contributed by atoms with E-state index in [1.165, 1.54) is 0 Å². The number of thioether (sulfide) groups is 1. The molecule has 13 heteroatoms. The highest BCUT2D eigenvalue weighted by molar-refractivity contribution is 8.01. The Hall–Kier alpha value is -2.05. The average Bonchev–Trinajstić information content (AvgIpc) is 2.53. The van der Waals surface area contributed by atoms with Crippen LogP contribution < -0.4 is 21.5 Å². The Balaban J connectivity index is 4.72. The molecule has 0 spiro atoms. The van der Waals surface area contributed by atoms with Crippen molar-refractivity contribution in [3.05, 3.63) is 0 Å². The molecule has 6 N–H and O–H groups in total. The Bertz CT molecular complexity index is 532. The van der Waals surface area contributed by atoms with Crippen LogP contribution in [0.1, 0.15) is 12.8 Å². The second kappa shape index (κ2) is 11.5. The number of carboxylic acid groups (broad SMARTS) is 3. The molecule has 0 saturated carbocycles. The molecular weight excluding hydrogens is 382 g/mol. The molecule has 1 unspecified atom stereocenters. The fourth-order valence-electron chi connectivity index (χ4n) is 1.39. The van der Waals surface area contributed by atoms with Gasteiger partial charge in [-0.15, -0.1) is 23.4 Å². The third kappa shape index (κ3) is 10.4. The number of rotatable bonds is 12. The van der Waals surface area contributed by atoms with Gasteiger partial charge in [-0.05, 0) is 6.42 Å². The van der Waals surface area contributed by atoms with Crippen molar-refractivity contribution >= 4 is 53.1 Å². The van der Waals surface area contributed by atoms with Gasteiger partial charge >= 0.3 is 11.9 Å². The number of alkyl halides is 1. The van der Waals surface area contributed by atoms with Gasteiger partial charge in [0.1, 0.15) is 23.3 Å². The molecule has 0 heterocycles. The second-order valence-electron chi connectivity index (χ2n) is 4.68. The number of carboxylic acids is 3. The summed E-state index contributed by atoms with van der Waals surface area (Å²) >= 11 is 6.03. The van der Waals surface area contributed by atoms with E-state index in [1.807, 2.05) is 5.32 Å². The third-order valence-electron chi connectivity index (χ3n) is 2.66. The minimum absolute atomic E-state index is 0.186. The van der Waals surface area contributed by atoms with Gasteiger partial charge in [-0.3, -0.25) is 19.2 Å². The minimum Gasteiger partial charge on any atom is -0.548 e. The fourth-order valence-corrected chi connectivity index (χ4v) is 2.34. The number of hydrogen-bond donors (Lipinski definition) is 5. The first-order chi connectivity index (χ1) is 11.5. The quantitative estimate of drug-likeness (QED) is 0.210. The topological polar surface area (TPSA) is 199 Å². The van der Waals surface area contributed by atoms with Crippen LogP contribution >= 0.6 is 23.4 Å². The molecule has 0 aliphatic rings. The minimum atomic E-state index is -1.59. The van der Waals surface area contributed by atoms with Gasteiger partial charge in [-0.1, -0.05) is 0 Å². The number of nitrogens with two attached hydrogens (primary N) is 1. The molecule has 142 valence electrons. The van der Waals surface area contributed by atoms with E-state index in [0.29, 0.717) is 11.8 Å². The van der Waals surface area contributed by atoms with Crippen LogP contribution in [0.4, 0.5) is 0 Å². The fraction of sp³-hybridized carbons (Fsp3) is 0.583. The van der Waals surface area contributed by atoms with Crippen LogP contribution in [0.15, 0.2) is 0 Å². The molecule has 0 aliphatic heterocycles. The molecule has 0 saturated heterocycles. The Morgan fingerprint density at radius 2 is 1.80 bits per heavy atom. The maximum absolute atomic E-state index is 11.9. The zero-order valence-corrected chi connectivity index (χ0v) is 14.3. The van der Waals surface area contributed by atoms with Crippen molar-refractivity contribution in [2.24, 2.45) is 5.73 Å². The predicted molar refractivity (Wildman–Crippen MR) is 84.5 cm³/mol. The Morgan fingerprint density at radius 3 is 2.28 bits per heavy atom. The smallest absolute Gasteiger partial charge is 0.322 e. The molecule has 3 atom stereocenters. The molecule has 11 nitrogen and oxygen atoms in total. The molecule has 25 heavy (non-hydrogen) atoms. The highest BCUT2D eigenvalue weighted by Gasteiger charge is 2.23. The number of halogens is 1. The van der Waals surface area contributed by atoms with Crippen molar-refractivity contribution in [1.82, 2.24) is 10.6 Å². The van der Waals surface area contributed by atoms with Crippen LogP contribution in [-0.2, 0) is 24.0 Å². The summed E-state index contributed by atoms with van der Waals surface area (Å²) in [6, 6.07) is -2.54. The van der Waals surface area contributed by atoms with Crippen LogP contribution in [0.2, 0.25) is 0 Å². The Labute approximate surface area is 151 Å². The summed E-state index contributed by atoms with van der Waals surface area (Å²) in [5.74, 6) is -6.05. The largest absolute Gasteiger partial charge is 0.548 e. The molecule has 0 radical (unpaired) electrons. The van der Waals surface area contributed by atoms with Crippen molar-refractivity contribution < 1.29 is 39.3 Å². The zero-order valence-electron chi connectivity index (χ0n) is 12.8. The maximum atomic E-state index is 11.9. The first-order valence-electron chi connectivity index (χ1n) is 6.78. The summed E-state index contributed by atoms with van der Waals surface area (Å²) in [6.45, 7) is -0.704. The number of carbonyl (C=O) groups excluding carboxylic acids is 3. The van der Waals surface area contributed by atoms with Crippen molar-refractivity contribution in [1.29, 1.82) is 0 Å². The van der Waals surface area contributed by atoms with Gasteiger partial charge in [-0.2, -0.15) is 0 Å². The molecule has 0 bridgehead atoms. The van der Waals surface area contributed by atoms with E-state index in [1.54, 1.807) is 0 Å². The van der Waals surface area contributed by atoms with Gasteiger partial charge in [0.05, 0.1) is 5.97 Å². The van der Waals surface area contributed by atoms with Gasteiger partial charge in [-0.25, -0.2) is 0 Å². The summed E-state index contributed by atoms with van der Waals surface area (Å²) in [5, 5.41) is 32.0. The summed E-state index contributed by atoms with van der Waals surface area (Å²) in [4.78, 5) is 55.3. The van der Waals surface area contributed by atoms with Gasteiger partial charge in [0.25, 0.3) is 0 Å². The lowest BCUT2D eigenvalue weighted by Gasteiger charge is -2.19. The monoisotopic (exact) mass is 398 g/mol. The standard InChI is InChI=1S/C12H18ClN3O8S/c13-9(12(23)24)25-4-6(10(20)15-3-8(18)19)16-7(17)2-1-5(14)11(21)22/h5-6,9H,1-4,14H2,(H,15,20)(H,16,17)(H,18,19)(H,21,22)(H,23,24)/p-1/t5-,6-,9?/m0/s1. The molecule has 0 fully saturated rings.